The Morgan fingerprint density at radius 3 is 2.21 bits per heavy atom. The molecule has 0 saturated carbocycles. The number of imidazole rings is 1. The van der Waals surface area contributed by atoms with Crippen LogP contribution >= 0.6 is 0 Å². The van der Waals surface area contributed by atoms with Gasteiger partial charge in [0.2, 0.25) is 0 Å². The van der Waals surface area contributed by atoms with E-state index in [1.165, 1.54) is 6.07 Å². The highest BCUT2D eigenvalue weighted by Crippen LogP contribution is 2.28. The number of halogens is 3. The van der Waals surface area contributed by atoms with Gasteiger partial charge in [-0.15, -0.1) is 20.4 Å². The lowest BCUT2D eigenvalue weighted by atomic mass is 10.3. The second-order valence-electron chi connectivity index (χ2n) is 6.73. The number of anilines is 2. The van der Waals surface area contributed by atoms with E-state index >= 15 is 0 Å². The summed E-state index contributed by atoms with van der Waals surface area (Å²) in [7, 11) is 0. The van der Waals surface area contributed by atoms with Crippen molar-refractivity contribution < 1.29 is 13.2 Å². The highest BCUT2D eigenvalue weighted by molar-refractivity contribution is 5.48. The maximum Gasteiger partial charge on any atom is 0.453 e. The predicted molar refractivity (Wildman–Crippen MR) is 97.8 cm³/mol. The molecule has 0 bridgehead atoms. The minimum absolute atomic E-state index is 0.0651. The summed E-state index contributed by atoms with van der Waals surface area (Å²) in [4.78, 5) is 8.31. The van der Waals surface area contributed by atoms with E-state index < -0.39 is 12.0 Å². The Bertz CT molecular complexity index is 1170. The number of nitrogens with zero attached hydrogens (tertiary/aromatic N) is 9. The van der Waals surface area contributed by atoms with Crippen LogP contribution in [0, 0.1) is 0 Å². The zero-order valence-corrected chi connectivity index (χ0v) is 15.2. The van der Waals surface area contributed by atoms with Crippen molar-refractivity contribution >= 4 is 22.9 Å². The second kappa shape index (κ2) is 6.57. The van der Waals surface area contributed by atoms with Gasteiger partial charge in [-0.2, -0.15) is 17.7 Å². The van der Waals surface area contributed by atoms with Crippen LogP contribution in [0.5, 0.6) is 0 Å². The number of hydrogen-bond acceptors (Lipinski definition) is 7. The van der Waals surface area contributed by atoms with Crippen LogP contribution in [-0.4, -0.2) is 60.6 Å². The quantitative estimate of drug-likeness (QED) is 0.506. The van der Waals surface area contributed by atoms with Gasteiger partial charge in [-0.3, -0.25) is 0 Å². The van der Waals surface area contributed by atoms with Crippen molar-refractivity contribution in [2.45, 2.75) is 12.6 Å². The molecule has 1 saturated heterocycles. The van der Waals surface area contributed by atoms with Crippen molar-refractivity contribution in [2.24, 2.45) is 0 Å². The molecule has 5 rings (SSSR count). The zero-order valence-electron chi connectivity index (χ0n) is 15.2. The predicted octanol–water partition coefficient (Wildman–Crippen LogP) is 1.90. The monoisotopic (exact) mass is 403 g/mol. The molecule has 29 heavy (non-hydrogen) atoms. The Morgan fingerprint density at radius 2 is 1.48 bits per heavy atom. The van der Waals surface area contributed by atoms with Crippen LogP contribution in [0.25, 0.3) is 11.3 Å². The van der Waals surface area contributed by atoms with Crippen LogP contribution in [0.4, 0.5) is 24.8 Å². The summed E-state index contributed by atoms with van der Waals surface area (Å²) in [6, 6.07) is 7.01. The molecule has 150 valence electrons. The summed E-state index contributed by atoms with van der Waals surface area (Å²) in [5.41, 5.74) is 0.840. The molecule has 1 aliphatic rings. The minimum Gasteiger partial charge on any atom is -0.353 e. The first-order valence-corrected chi connectivity index (χ1v) is 9.09. The van der Waals surface area contributed by atoms with Crippen molar-refractivity contribution in [1.29, 1.82) is 0 Å². The van der Waals surface area contributed by atoms with E-state index in [1.807, 2.05) is 17.0 Å². The molecule has 9 nitrogen and oxygen atoms in total. The molecule has 4 aromatic rings. The normalized spacial score (nSPS) is 16.0. The van der Waals surface area contributed by atoms with E-state index in [4.69, 9.17) is 0 Å². The third-order valence-corrected chi connectivity index (χ3v) is 4.89. The third-order valence-electron chi connectivity index (χ3n) is 4.89. The molecule has 1 aliphatic heterocycles. The van der Waals surface area contributed by atoms with Gasteiger partial charge in [0, 0.05) is 38.6 Å². The van der Waals surface area contributed by atoms with E-state index in [0.29, 0.717) is 25.5 Å². The molecule has 0 amide bonds. The van der Waals surface area contributed by atoms with E-state index in [1.54, 1.807) is 23.0 Å². The average molecular weight is 403 g/mol. The van der Waals surface area contributed by atoms with Crippen LogP contribution in [0.15, 0.2) is 36.7 Å². The Balaban J connectivity index is 1.39. The van der Waals surface area contributed by atoms with Crippen molar-refractivity contribution in [2.75, 3.05) is 36.0 Å². The lowest BCUT2D eigenvalue weighted by molar-refractivity contribution is -0.146. The van der Waals surface area contributed by atoms with Crippen molar-refractivity contribution in [3.05, 3.63) is 42.5 Å². The van der Waals surface area contributed by atoms with Gasteiger partial charge in [0.15, 0.2) is 11.3 Å². The molecule has 0 aromatic carbocycles. The molecule has 5 heterocycles. The largest absolute Gasteiger partial charge is 0.453 e. The maximum atomic E-state index is 13.1. The van der Waals surface area contributed by atoms with E-state index in [2.05, 4.69) is 30.3 Å². The summed E-state index contributed by atoms with van der Waals surface area (Å²) in [5, 5.41) is 15.5. The molecule has 0 atom stereocenters. The van der Waals surface area contributed by atoms with Gasteiger partial charge in [-0.05, 0) is 30.7 Å². The SMILES string of the molecule is FC(F)(F)c1nnc2ccc(N3CCCN(c4ccc5nccn5n4)CC3)nn12. The molecule has 4 aromatic heterocycles. The van der Waals surface area contributed by atoms with Crippen molar-refractivity contribution in [1.82, 2.24) is 34.4 Å². The molecule has 0 N–H and O–H groups in total. The number of rotatable bonds is 2. The molecule has 0 radical (unpaired) electrons. The lowest BCUT2D eigenvalue weighted by Gasteiger charge is -2.23. The van der Waals surface area contributed by atoms with E-state index in [9.17, 15) is 13.2 Å². The first-order valence-electron chi connectivity index (χ1n) is 9.09. The summed E-state index contributed by atoms with van der Waals surface area (Å²) >= 11 is 0. The summed E-state index contributed by atoms with van der Waals surface area (Å²) in [5.74, 6) is 0.172. The van der Waals surface area contributed by atoms with Crippen molar-refractivity contribution in [3.63, 3.8) is 0 Å². The molecule has 0 aliphatic carbocycles. The molecule has 0 unspecified atom stereocenters. The maximum absolute atomic E-state index is 13.1. The zero-order chi connectivity index (χ0) is 20.0. The molecular weight excluding hydrogens is 387 g/mol. The molecule has 1 fully saturated rings. The number of fused-ring (bicyclic) bond motifs is 2. The number of aromatic nitrogens is 7. The van der Waals surface area contributed by atoms with Crippen LogP contribution < -0.4 is 9.80 Å². The minimum atomic E-state index is -4.61. The Morgan fingerprint density at radius 1 is 0.793 bits per heavy atom. The Kier molecular flexibility index (Phi) is 4.00. The molecular formula is C17H16F3N9. The Labute approximate surface area is 162 Å². The van der Waals surface area contributed by atoms with Crippen LogP contribution in [0.3, 0.4) is 0 Å². The highest BCUT2D eigenvalue weighted by atomic mass is 19.4. The van der Waals surface area contributed by atoms with Gasteiger partial charge in [-0.25, -0.2) is 9.50 Å². The summed E-state index contributed by atoms with van der Waals surface area (Å²) < 4.78 is 41.8. The Hall–Kier alpha value is -3.44. The number of alkyl halides is 3. The third kappa shape index (κ3) is 3.19. The first kappa shape index (κ1) is 17.6. The molecule has 0 spiro atoms. The smallest absolute Gasteiger partial charge is 0.353 e. The fraction of sp³-hybridized carbons (Fsp3) is 0.353. The van der Waals surface area contributed by atoms with Crippen LogP contribution in [0.2, 0.25) is 0 Å². The van der Waals surface area contributed by atoms with Crippen LogP contribution in [0.1, 0.15) is 12.2 Å². The first-order chi connectivity index (χ1) is 14.0. The van der Waals surface area contributed by atoms with Gasteiger partial charge in [0.1, 0.15) is 11.6 Å². The van der Waals surface area contributed by atoms with Crippen LogP contribution in [-0.2, 0) is 6.18 Å². The van der Waals surface area contributed by atoms with Gasteiger partial charge < -0.3 is 9.80 Å². The van der Waals surface area contributed by atoms with E-state index in [-0.39, 0.29) is 5.65 Å². The van der Waals surface area contributed by atoms with Gasteiger partial charge in [-0.1, -0.05) is 0 Å². The number of hydrogen-bond donors (Lipinski definition) is 0. The highest BCUT2D eigenvalue weighted by Gasteiger charge is 2.37. The van der Waals surface area contributed by atoms with Gasteiger partial charge >= 0.3 is 6.18 Å². The summed E-state index contributed by atoms with van der Waals surface area (Å²) in [6.45, 7) is 2.73. The van der Waals surface area contributed by atoms with Gasteiger partial charge in [0.25, 0.3) is 5.82 Å². The lowest BCUT2D eigenvalue weighted by Crippen LogP contribution is -2.32. The molecule has 12 heteroatoms. The fourth-order valence-electron chi connectivity index (χ4n) is 3.47. The second-order valence-corrected chi connectivity index (χ2v) is 6.73. The van der Waals surface area contributed by atoms with Gasteiger partial charge in [0.05, 0.1) is 0 Å². The van der Waals surface area contributed by atoms with Crippen molar-refractivity contribution in [3.8, 4) is 0 Å². The topological polar surface area (TPSA) is 79.8 Å². The standard InChI is InChI=1S/C17H16F3N9/c18-17(19,20)16-23-22-13-3-5-15(25-29(13)16)27-8-1-7-26(10-11-27)14-4-2-12-21-6-9-28(12)24-14/h2-6,9H,1,7-8,10-11H2. The average Bonchev–Trinajstić information content (AvgIpc) is 3.27. The summed E-state index contributed by atoms with van der Waals surface area (Å²) in [6.07, 6.45) is -0.312. The fourth-order valence-corrected chi connectivity index (χ4v) is 3.47. The van der Waals surface area contributed by atoms with E-state index in [0.717, 1.165) is 28.9 Å².